The Morgan fingerprint density at radius 3 is 2.68 bits per heavy atom. The molecule has 1 aromatic carbocycles. The second-order valence-corrected chi connectivity index (χ2v) is 6.84. The number of ether oxygens (including phenoxy) is 1. The molecule has 6 heteroatoms. The number of allylic oxidation sites excluding steroid dienone is 1. The van der Waals surface area contributed by atoms with Crippen molar-refractivity contribution >= 4 is 31.6 Å². The SMILES string of the molecule is C=CCCCN(c1cc(OC)ccc1Br)S(C)(=O)=O. The van der Waals surface area contributed by atoms with Crippen molar-refractivity contribution in [3.8, 4) is 5.75 Å². The van der Waals surface area contributed by atoms with Gasteiger partial charge in [0.2, 0.25) is 10.0 Å². The fraction of sp³-hybridized carbons (Fsp3) is 0.385. The highest BCUT2D eigenvalue weighted by molar-refractivity contribution is 9.10. The number of hydrogen-bond acceptors (Lipinski definition) is 3. The maximum absolute atomic E-state index is 11.9. The van der Waals surface area contributed by atoms with Crippen molar-refractivity contribution in [2.45, 2.75) is 12.8 Å². The van der Waals surface area contributed by atoms with Crippen LogP contribution >= 0.6 is 15.9 Å². The van der Waals surface area contributed by atoms with Gasteiger partial charge in [0, 0.05) is 17.1 Å². The predicted molar refractivity (Wildman–Crippen MR) is 82.3 cm³/mol. The van der Waals surface area contributed by atoms with Crippen molar-refractivity contribution in [2.75, 3.05) is 24.2 Å². The summed E-state index contributed by atoms with van der Waals surface area (Å²) >= 11 is 3.38. The van der Waals surface area contributed by atoms with E-state index in [2.05, 4.69) is 22.5 Å². The molecule has 0 atom stereocenters. The lowest BCUT2D eigenvalue weighted by Crippen LogP contribution is -2.31. The monoisotopic (exact) mass is 347 g/mol. The largest absolute Gasteiger partial charge is 0.497 e. The summed E-state index contributed by atoms with van der Waals surface area (Å²) in [5.74, 6) is 0.621. The number of sulfonamides is 1. The smallest absolute Gasteiger partial charge is 0.232 e. The van der Waals surface area contributed by atoms with Crippen LogP contribution in [0, 0.1) is 0 Å². The normalized spacial score (nSPS) is 11.1. The molecule has 1 aromatic rings. The van der Waals surface area contributed by atoms with Crippen LogP contribution in [0.5, 0.6) is 5.75 Å². The molecule has 0 saturated heterocycles. The van der Waals surface area contributed by atoms with Gasteiger partial charge in [-0.25, -0.2) is 8.42 Å². The first-order chi connectivity index (χ1) is 8.90. The zero-order chi connectivity index (χ0) is 14.5. The first kappa shape index (κ1) is 16.0. The van der Waals surface area contributed by atoms with E-state index < -0.39 is 10.0 Å². The van der Waals surface area contributed by atoms with Gasteiger partial charge in [0.25, 0.3) is 0 Å². The third kappa shape index (κ3) is 4.54. The number of methoxy groups -OCH3 is 1. The van der Waals surface area contributed by atoms with Crippen molar-refractivity contribution in [3.05, 3.63) is 35.3 Å². The van der Waals surface area contributed by atoms with Crippen LogP contribution < -0.4 is 9.04 Å². The Balaban J connectivity index is 3.13. The van der Waals surface area contributed by atoms with E-state index in [4.69, 9.17) is 4.74 Å². The number of benzene rings is 1. The standard InChI is InChI=1S/C13H18BrNO3S/c1-4-5-6-9-15(19(3,16)17)13-10-11(18-2)7-8-12(13)14/h4,7-8,10H,1,5-6,9H2,2-3H3. The summed E-state index contributed by atoms with van der Waals surface area (Å²) in [4.78, 5) is 0. The van der Waals surface area contributed by atoms with Gasteiger partial charge >= 0.3 is 0 Å². The van der Waals surface area contributed by atoms with Crippen molar-refractivity contribution in [1.29, 1.82) is 0 Å². The van der Waals surface area contributed by atoms with Gasteiger partial charge in [0.1, 0.15) is 5.75 Å². The highest BCUT2D eigenvalue weighted by atomic mass is 79.9. The van der Waals surface area contributed by atoms with E-state index in [-0.39, 0.29) is 0 Å². The van der Waals surface area contributed by atoms with Crippen LogP contribution in [-0.4, -0.2) is 28.3 Å². The Morgan fingerprint density at radius 2 is 2.16 bits per heavy atom. The second-order valence-electron chi connectivity index (χ2n) is 4.08. The van der Waals surface area contributed by atoms with Gasteiger partial charge < -0.3 is 4.74 Å². The van der Waals surface area contributed by atoms with E-state index in [1.807, 2.05) is 0 Å². The molecular weight excluding hydrogens is 330 g/mol. The lowest BCUT2D eigenvalue weighted by atomic mass is 10.2. The molecule has 0 fully saturated rings. The first-order valence-corrected chi connectivity index (χ1v) is 8.46. The van der Waals surface area contributed by atoms with Crippen LogP contribution in [0.15, 0.2) is 35.3 Å². The fourth-order valence-electron chi connectivity index (χ4n) is 1.65. The molecule has 0 saturated carbocycles. The van der Waals surface area contributed by atoms with Gasteiger partial charge in [-0.1, -0.05) is 6.08 Å². The Morgan fingerprint density at radius 1 is 1.47 bits per heavy atom. The highest BCUT2D eigenvalue weighted by Gasteiger charge is 2.19. The number of hydrogen-bond donors (Lipinski definition) is 0. The van der Waals surface area contributed by atoms with Gasteiger partial charge in [-0.15, -0.1) is 6.58 Å². The molecule has 106 valence electrons. The van der Waals surface area contributed by atoms with Crippen LogP contribution in [0.3, 0.4) is 0 Å². The molecule has 0 aromatic heterocycles. The maximum Gasteiger partial charge on any atom is 0.232 e. The molecule has 0 bridgehead atoms. The van der Waals surface area contributed by atoms with E-state index in [1.54, 1.807) is 31.4 Å². The summed E-state index contributed by atoms with van der Waals surface area (Å²) in [6.45, 7) is 4.05. The third-order valence-corrected chi connectivity index (χ3v) is 4.44. The Kier molecular flexibility index (Phi) is 5.87. The zero-order valence-corrected chi connectivity index (χ0v) is 13.5. The van der Waals surface area contributed by atoms with Gasteiger partial charge in [-0.2, -0.15) is 0 Å². The number of anilines is 1. The summed E-state index contributed by atoms with van der Waals surface area (Å²) in [6, 6.07) is 5.26. The molecule has 1 rings (SSSR count). The predicted octanol–water partition coefficient (Wildman–Crippen LogP) is 3.19. The molecule has 0 aliphatic carbocycles. The molecular formula is C13H18BrNO3S. The highest BCUT2D eigenvalue weighted by Crippen LogP contribution is 2.32. The minimum absolute atomic E-state index is 0.413. The summed E-state index contributed by atoms with van der Waals surface area (Å²) in [7, 11) is -1.78. The molecule has 19 heavy (non-hydrogen) atoms. The Hall–Kier alpha value is -1.01. The minimum atomic E-state index is -3.33. The number of unbranched alkanes of at least 4 members (excludes halogenated alkanes) is 1. The molecule has 0 aliphatic rings. The molecule has 0 radical (unpaired) electrons. The van der Waals surface area contributed by atoms with Gasteiger partial charge in [0.05, 0.1) is 19.1 Å². The fourth-order valence-corrected chi connectivity index (χ4v) is 3.20. The molecule has 0 spiro atoms. The van der Waals surface area contributed by atoms with Crippen LogP contribution in [0.2, 0.25) is 0 Å². The van der Waals surface area contributed by atoms with Gasteiger partial charge in [-0.05, 0) is 40.9 Å². The molecule has 0 unspecified atom stereocenters. The van der Waals surface area contributed by atoms with E-state index in [0.29, 0.717) is 18.0 Å². The van der Waals surface area contributed by atoms with Crippen LogP contribution in [-0.2, 0) is 10.0 Å². The average Bonchev–Trinajstić information content (AvgIpc) is 2.34. The van der Waals surface area contributed by atoms with E-state index in [9.17, 15) is 8.42 Å². The lowest BCUT2D eigenvalue weighted by molar-refractivity contribution is 0.415. The van der Waals surface area contributed by atoms with Crippen molar-refractivity contribution < 1.29 is 13.2 Å². The lowest BCUT2D eigenvalue weighted by Gasteiger charge is -2.23. The molecule has 0 aliphatic heterocycles. The summed E-state index contributed by atoms with van der Waals surface area (Å²) in [5.41, 5.74) is 0.589. The quantitative estimate of drug-likeness (QED) is 0.562. The maximum atomic E-state index is 11.9. The van der Waals surface area contributed by atoms with Crippen LogP contribution in [0.1, 0.15) is 12.8 Å². The molecule has 0 N–H and O–H groups in total. The van der Waals surface area contributed by atoms with E-state index in [1.165, 1.54) is 10.6 Å². The molecule has 4 nitrogen and oxygen atoms in total. The van der Waals surface area contributed by atoms with Crippen molar-refractivity contribution in [1.82, 2.24) is 0 Å². The van der Waals surface area contributed by atoms with Gasteiger partial charge in [-0.3, -0.25) is 4.31 Å². The van der Waals surface area contributed by atoms with Crippen molar-refractivity contribution in [2.24, 2.45) is 0 Å². The Bertz CT molecular complexity index is 543. The average molecular weight is 348 g/mol. The van der Waals surface area contributed by atoms with Gasteiger partial charge in [0.15, 0.2) is 0 Å². The number of nitrogens with zero attached hydrogens (tertiary/aromatic N) is 1. The molecule has 0 heterocycles. The summed E-state index contributed by atoms with van der Waals surface area (Å²) in [6.07, 6.45) is 4.47. The minimum Gasteiger partial charge on any atom is -0.497 e. The van der Waals surface area contributed by atoms with Crippen LogP contribution in [0.25, 0.3) is 0 Å². The molecule has 0 amide bonds. The zero-order valence-electron chi connectivity index (χ0n) is 11.1. The Labute approximate surface area is 123 Å². The number of halogens is 1. The third-order valence-electron chi connectivity index (χ3n) is 2.59. The summed E-state index contributed by atoms with van der Waals surface area (Å²) < 4.78 is 31.1. The van der Waals surface area contributed by atoms with Crippen LogP contribution in [0.4, 0.5) is 5.69 Å². The van der Waals surface area contributed by atoms with E-state index in [0.717, 1.165) is 17.3 Å². The number of rotatable bonds is 7. The van der Waals surface area contributed by atoms with E-state index >= 15 is 0 Å². The second kappa shape index (κ2) is 6.96. The topological polar surface area (TPSA) is 46.6 Å². The first-order valence-electron chi connectivity index (χ1n) is 5.82. The van der Waals surface area contributed by atoms with Crippen molar-refractivity contribution in [3.63, 3.8) is 0 Å². The summed E-state index contributed by atoms with van der Waals surface area (Å²) in [5, 5.41) is 0.